The van der Waals surface area contributed by atoms with Crippen LogP contribution in [-0.4, -0.2) is 55.9 Å². The molecule has 1 atom stereocenters. The van der Waals surface area contributed by atoms with Crippen LogP contribution in [0.25, 0.3) is 0 Å². The van der Waals surface area contributed by atoms with Crippen LogP contribution >= 0.6 is 11.8 Å². The standard InChI is InChI=1S/C25H29N5O2S/c1-26-13-12-22(18-8-5-4-6-9-18)32-20-11-7-10-19(16-20)30-15-14-29(2)23-21(24(30)31)17-27-25(28-23)33-3/h4-11,16-17,22,26H,12-15H2,1-3H3/t22-/m1/s1. The van der Waals surface area contributed by atoms with Crippen LogP contribution in [-0.2, 0) is 0 Å². The van der Waals surface area contributed by atoms with E-state index < -0.39 is 0 Å². The number of aromatic nitrogens is 2. The van der Waals surface area contributed by atoms with Crippen LogP contribution in [0, 0.1) is 0 Å². The number of hydrogen-bond acceptors (Lipinski definition) is 7. The summed E-state index contributed by atoms with van der Waals surface area (Å²) in [6.07, 6.45) is 4.31. The fourth-order valence-corrected chi connectivity index (χ4v) is 4.21. The zero-order valence-electron chi connectivity index (χ0n) is 19.2. The molecule has 3 aromatic rings. The first-order chi connectivity index (χ1) is 16.1. The molecule has 0 fully saturated rings. The second-order valence-electron chi connectivity index (χ2n) is 7.88. The van der Waals surface area contributed by atoms with Crippen molar-refractivity contribution in [3.8, 4) is 5.75 Å². The average Bonchev–Trinajstić information content (AvgIpc) is 2.98. The number of nitrogens with zero attached hydrogens (tertiary/aromatic N) is 4. The molecule has 172 valence electrons. The van der Waals surface area contributed by atoms with Gasteiger partial charge >= 0.3 is 0 Å². The second kappa shape index (κ2) is 10.7. The van der Waals surface area contributed by atoms with Gasteiger partial charge in [-0.1, -0.05) is 48.2 Å². The lowest BCUT2D eigenvalue weighted by molar-refractivity contribution is 0.0989. The number of nitrogens with one attached hydrogen (secondary N) is 1. The summed E-state index contributed by atoms with van der Waals surface area (Å²) < 4.78 is 6.41. The highest BCUT2D eigenvalue weighted by molar-refractivity contribution is 7.98. The Kier molecular flexibility index (Phi) is 7.47. The Morgan fingerprint density at radius 2 is 1.97 bits per heavy atom. The van der Waals surface area contributed by atoms with Crippen LogP contribution in [0.2, 0.25) is 0 Å². The molecule has 0 radical (unpaired) electrons. The average molecular weight is 464 g/mol. The van der Waals surface area contributed by atoms with E-state index in [-0.39, 0.29) is 12.0 Å². The molecule has 1 N–H and O–H groups in total. The first-order valence-corrected chi connectivity index (χ1v) is 12.2. The van der Waals surface area contributed by atoms with Gasteiger partial charge in [0, 0.05) is 44.5 Å². The lowest BCUT2D eigenvalue weighted by Crippen LogP contribution is -2.33. The maximum atomic E-state index is 13.4. The Morgan fingerprint density at radius 3 is 2.73 bits per heavy atom. The molecular weight excluding hydrogens is 434 g/mol. The van der Waals surface area contributed by atoms with E-state index in [1.807, 2.05) is 67.7 Å². The number of ether oxygens (including phenoxy) is 1. The van der Waals surface area contributed by atoms with Crippen molar-refractivity contribution in [1.82, 2.24) is 15.3 Å². The summed E-state index contributed by atoms with van der Waals surface area (Å²) in [6, 6.07) is 18.0. The zero-order chi connectivity index (χ0) is 23.2. The van der Waals surface area contributed by atoms with Crippen molar-refractivity contribution in [2.24, 2.45) is 0 Å². The Bertz CT molecular complexity index is 1100. The van der Waals surface area contributed by atoms with Gasteiger partial charge in [0.15, 0.2) is 5.16 Å². The van der Waals surface area contributed by atoms with Gasteiger partial charge in [0.05, 0.1) is 0 Å². The first-order valence-electron chi connectivity index (χ1n) is 11.0. The van der Waals surface area contributed by atoms with Crippen LogP contribution in [0.5, 0.6) is 5.75 Å². The van der Waals surface area contributed by atoms with E-state index in [2.05, 4.69) is 27.4 Å². The van der Waals surface area contributed by atoms with Crippen molar-refractivity contribution >= 4 is 29.2 Å². The summed E-state index contributed by atoms with van der Waals surface area (Å²) in [5.74, 6) is 1.30. The topological polar surface area (TPSA) is 70.6 Å². The summed E-state index contributed by atoms with van der Waals surface area (Å²) in [4.78, 5) is 26.1. The molecule has 0 aliphatic carbocycles. The maximum Gasteiger partial charge on any atom is 0.263 e. The van der Waals surface area contributed by atoms with E-state index in [0.29, 0.717) is 29.6 Å². The van der Waals surface area contributed by atoms with Crippen LogP contribution in [0.15, 0.2) is 66.0 Å². The predicted molar refractivity (Wildman–Crippen MR) is 134 cm³/mol. The van der Waals surface area contributed by atoms with Gasteiger partial charge in [-0.3, -0.25) is 4.79 Å². The number of carbonyl (C=O) groups is 1. The molecule has 8 heteroatoms. The van der Waals surface area contributed by atoms with Gasteiger partial charge in [-0.05, 0) is 37.5 Å². The number of likely N-dealkylation sites (N-methyl/N-ethyl adjacent to an activating group) is 1. The largest absolute Gasteiger partial charge is 0.486 e. The molecule has 2 aromatic carbocycles. The molecule has 0 spiro atoms. The van der Waals surface area contributed by atoms with Crippen molar-refractivity contribution in [3.05, 3.63) is 71.9 Å². The molecule has 1 aromatic heterocycles. The van der Waals surface area contributed by atoms with Crippen LogP contribution in [0.1, 0.15) is 28.4 Å². The summed E-state index contributed by atoms with van der Waals surface area (Å²) in [5, 5.41) is 3.86. The second-order valence-corrected chi connectivity index (χ2v) is 8.65. The Labute approximate surface area is 199 Å². The minimum absolute atomic E-state index is 0.0843. The van der Waals surface area contributed by atoms with Crippen LogP contribution in [0.3, 0.4) is 0 Å². The minimum atomic E-state index is -0.103. The van der Waals surface area contributed by atoms with E-state index in [1.54, 1.807) is 11.1 Å². The maximum absolute atomic E-state index is 13.4. The van der Waals surface area contributed by atoms with E-state index in [9.17, 15) is 4.79 Å². The number of rotatable bonds is 8. The molecule has 1 amide bonds. The third kappa shape index (κ3) is 5.29. The zero-order valence-corrected chi connectivity index (χ0v) is 20.0. The van der Waals surface area contributed by atoms with Gasteiger partial charge in [-0.25, -0.2) is 9.97 Å². The van der Waals surface area contributed by atoms with Crippen molar-refractivity contribution in [3.63, 3.8) is 0 Å². The normalized spacial score (nSPS) is 14.6. The van der Waals surface area contributed by atoms with E-state index in [0.717, 1.165) is 30.0 Å². The van der Waals surface area contributed by atoms with Crippen molar-refractivity contribution in [1.29, 1.82) is 0 Å². The smallest absolute Gasteiger partial charge is 0.263 e. The molecule has 0 bridgehead atoms. The molecule has 33 heavy (non-hydrogen) atoms. The van der Waals surface area contributed by atoms with Crippen molar-refractivity contribution in [2.45, 2.75) is 17.7 Å². The molecule has 1 aliphatic rings. The monoisotopic (exact) mass is 463 g/mol. The molecule has 2 heterocycles. The van der Waals surface area contributed by atoms with E-state index in [4.69, 9.17) is 4.74 Å². The molecular formula is C25H29N5O2S. The molecule has 0 saturated carbocycles. The summed E-state index contributed by atoms with van der Waals surface area (Å²) in [6.45, 7) is 2.06. The van der Waals surface area contributed by atoms with Crippen molar-refractivity contribution in [2.75, 3.05) is 49.8 Å². The minimum Gasteiger partial charge on any atom is -0.486 e. The Morgan fingerprint density at radius 1 is 1.15 bits per heavy atom. The highest BCUT2D eigenvalue weighted by Gasteiger charge is 2.28. The lowest BCUT2D eigenvalue weighted by atomic mass is 10.1. The Hall–Kier alpha value is -3.10. The first kappa shape index (κ1) is 23.1. The van der Waals surface area contributed by atoms with Gasteiger partial charge in [-0.2, -0.15) is 0 Å². The van der Waals surface area contributed by atoms with Crippen LogP contribution < -0.4 is 19.9 Å². The van der Waals surface area contributed by atoms with Gasteiger partial charge in [0.1, 0.15) is 23.2 Å². The third-order valence-corrected chi connectivity index (χ3v) is 6.22. The number of amides is 1. The molecule has 0 saturated heterocycles. The van der Waals surface area contributed by atoms with Gasteiger partial charge in [0.25, 0.3) is 5.91 Å². The number of benzene rings is 2. The molecule has 0 unspecified atom stereocenters. The van der Waals surface area contributed by atoms with E-state index in [1.165, 1.54) is 11.8 Å². The Balaban J connectivity index is 1.60. The number of anilines is 2. The molecule has 1 aliphatic heterocycles. The SMILES string of the molecule is CNCC[C@@H](Oc1cccc(N2CCN(C)c3nc(SC)ncc3C2=O)c1)c1ccccc1. The fourth-order valence-electron chi connectivity index (χ4n) is 3.87. The molecule has 7 nitrogen and oxygen atoms in total. The van der Waals surface area contributed by atoms with Crippen molar-refractivity contribution < 1.29 is 9.53 Å². The van der Waals surface area contributed by atoms with Gasteiger partial charge in [-0.15, -0.1) is 0 Å². The summed E-state index contributed by atoms with van der Waals surface area (Å²) >= 11 is 1.47. The predicted octanol–water partition coefficient (Wildman–Crippen LogP) is 4.02. The van der Waals surface area contributed by atoms with Gasteiger partial charge < -0.3 is 19.9 Å². The van der Waals surface area contributed by atoms with Crippen LogP contribution in [0.4, 0.5) is 11.5 Å². The lowest BCUT2D eigenvalue weighted by Gasteiger charge is -2.23. The summed E-state index contributed by atoms with van der Waals surface area (Å²) in [5.41, 5.74) is 2.43. The number of carbonyl (C=O) groups excluding carboxylic acids is 1. The summed E-state index contributed by atoms with van der Waals surface area (Å²) in [7, 11) is 3.90. The highest BCUT2D eigenvalue weighted by Crippen LogP contribution is 2.31. The van der Waals surface area contributed by atoms with E-state index >= 15 is 0 Å². The van der Waals surface area contributed by atoms with Gasteiger partial charge in [0.2, 0.25) is 0 Å². The number of fused-ring (bicyclic) bond motifs is 1. The quantitative estimate of drug-likeness (QED) is 0.400. The highest BCUT2D eigenvalue weighted by atomic mass is 32.2. The molecule has 4 rings (SSSR count). The number of hydrogen-bond donors (Lipinski definition) is 1. The number of thioether (sulfide) groups is 1. The third-order valence-electron chi connectivity index (χ3n) is 5.66. The fraction of sp³-hybridized carbons (Fsp3) is 0.320.